The lowest BCUT2D eigenvalue weighted by atomic mass is 10.1. The monoisotopic (exact) mass is 393 g/mol. The number of nitro groups is 1. The molecule has 2 aromatic heterocycles. The van der Waals surface area contributed by atoms with Gasteiger partial charge in [-0.1, -0.05) is 0 Å². The number of hydrogen-bond acceptors (Lipinski definition) is 7. The number of benzene rings is 1. The Morgan fingerprint density at radius 3 is 2.38 bits per heavy atom. The molecule has 10 nitrogen and oxygen atoms in total. The molecule has 2 fully saturated rings. The minimum atomic E-state index is -0.471. The molecule has 0 spiro atoms. The lowest BCUT2D eigenvalue weighted by Gasteiger charge is -2.35. The van der Waals surface area contributed by atoms with Crippen LogP contribution in [0, 0.1) is 10.1 Å². The summed E-state index contributed by atoms with van der Waals surface area (Å²) in [5.41, 5.74) is 1.19. The minimum Gasteiger partial charge on any atom is -0.352 e. The third-order valence-corrected chi connectivity index (χ3v) is 5.43. The lowest BCUT2D eigenvalue weighted by molar-refractivity contribution is -0.384. The van der Waals surface area contributed by atoms with Crippen LogP contribution in [0.15, 0.2) is 36.4 Å². The van der Waals surface area contributed by atoms with E-state index in [4.69, 9.17) is 5.10 Å². The molecule has 3 heterocycles. The second-order valence-corrected chi connectivity index (χ2v) is 7.38. The van der Waals surface area contributed by atoms with Crippen LogP contribution in [0.4, 0.5) is 11.5 Å². The average molecular weight is 393 g/mol. The van der Waals surface area contributed by atoms with Crippen molar-refractivity contribution in [2.75, 3.05) is 31.1 Å². The van der Waals surface area contributed by atoms with Crippen LogP contribution in [0.2, 0.25) is 0 Å². The number of piperazine rings is 1. The molecule has 1 aliphatic heterocycles. The predicted molar refractivity (Wildman–Crippen MR) is 104 cm³/mol. The van der Waals surface area contributed by atoms with Gasteiger partial charge in [0, 0.05) is 49.8 Å². The van der Waals surface area contributed by atoms with Gasteiger partial charge in [-0.25, -0.2) is 0 Å². The quantitative estimate of drug-likeness (QED) is 0.491. The zero-order chi connectivity index (χ0) is 20.0. The van der Waals surface area contributed by atoms with E-state index in [1.54, 1.807) is 4.90 Å². The number of aromatic nitrogens is 4. The smallest absolute Gasteiger partial charge is 0.269 e. The molecule has 1 saturated heterocycles. The number of carbonyl (C=O) groups excluding carboxylic acids is 1. The molecule has 2 aliphatic rings. The number of fused-ring (bicyclic) bond motifs is 1. The van der Waals surface area contributed by atoms with Gasteiger partial charge in [-0.2, -0.15) is 4.52 Å². The molecule has 0 radical (unpaired) electrons. The Kier molecular flexibility index (Phi) is 4.11. The Morgan fingerprint density at radius 1 is 1.00 bits per heavy atom. The predicted octanol–water partition coefficient (Wildman–Crippen LogP) is 1.87. The molecule has 10 heteroatoms. The van der Waals surface area contributed by atoms with Crippen LogP contribution in [0.3, 0.4) is 0 Å². The molecular weight excluding hydrogens is 374 g/mol. The minimum absolute atomic E-state index is 0.0209. The van der Waals surface area contributed by atoms with E-state index in [0.29, 0.717) is 37.7 Å². The Morgan fingerprint density at radius 2 is 1.72 bits per heavy atom. The molecule has 0 unspecified atom stereocenters. The highest BCUT2D eigenvalue weighted by atomic mass is 16.6. The average Bonchev–Trinajstić information content (AvgIpc) is 3.52. The summed E-state index contributed by atoms with van der Waals surface area (Å²) in [6.07, 6.45) is 2.27. The van der Waals surface area contributed by atoms with E-state index >= 15 is 0 Å². The summed E-state index contributed by atoms with van der Waals surface area (Å²) >= 11 is 0. The molecule has 0 atom stereocenters. The van der Waals surface area contributed by atoms with Gasteiger partial charge >= 0.3 is 0 Å². The summed E-state index contributed by atoms with van der Waals surface area (Å²) in [5.74, 6) is 2.12. The summed E-state index contributed by atoms with van der Waals surface area (Å²) in [5, 5.41) is 23.9. The largest absolute Gasteiger partial charge is 0.352 e. The fourth-order valence-corrected chi connectivity index (χ4v) is 3.61. The highest BCUT2D eigenvalue weighted by molar-refractivity contribution is 5.94. The first-order valence-corrected chi connectivity index (χ1v) is 9.61. The maximum Gasteiger partial charge on any atom is 0.269 e. The number of non-ortho nitro benzene ring substituents is 1. The third-order valence-electron chi connectivity index (χ3n) is 5.43. The van der Waals surface area contributed by atoms with Crippen LogP contribution in [0.25, 0.3) is 5.65 Å². The van der Waals surface area contributed by atoms with E-state index in [0.717, 1.165) is 30.1 Å². The molecule has 1 aromatic carbocycles. The number of nitro benzene ring substituents is 1. The first-order valence-electron chi connectivity index (χ1n) is 9.61. The summed E-state index contributed by atoms with van der Waals surface area (Å²) in [6.45, 7) is 2.45. The van der Waals surface area contributed by atoms with E-state index < -0.39 is 4.92 Å². The van der Waals surface area contributed by atoms with Crippen molar-refractivity contribution >= 4 is 23.1 Å². The first-order chi connectivity index (χ1) is 14.1. The van der Waals surface area contributed by atoms with Gasteiger partial charge < -0.3 is 9.80 Å². The maximum absolute atomic E-state index is 12.7. The Bertz CT molecular complexity index is 1080. The van der Waals surface area contributed by atoms with Gasteiger partial charge in [-0.3, -0.25) is 14.9 Å². The van der Waals surface area contributed by atoms with Gasteiger partial charge in [-0.15, -0.1) is 15.3 Å². The summed E-state index contributed by atoms with van der Waals surface area (Å²) in [7, 11) is 0. The maximum atomic E-state index is 12.7. The van der Waals surface area contributed by atoms with Crippen molar-refractivity contribution < 1.29 is 9.72 Å². The fraction of sp³-hybridized carbons (Fsp3) is 0.368. The molecule has 148 valence electrons. The van der Waals surface area contributed by atoms with E-state index in [1.807, 2.05) is 16.6 Å². The van der Waals surface area contributed by atoms with Crippen LogP contribution in [0.5, 0.6) is 0 Å². The lowest BCUT2D eigenvalue weighted by Crippen LogP contribution is -2.49. The molecule has 0 bridgehead atoms. The van der Waals surface area contributed by atoms with Crippen LogP contribution in [-0.2, 0) is 0 Å². The molecule has 5 rings (SSSR count). The molecule has 0 N–H and O–H groups in total. The molecule has 1 amide bonds. The molecular formula is C19H19N7O3. The summed E-state index contributed by atoms with van der Waals surface area (Å²) < 4.78 is 1.83. The Labute approximate surface area is 165 Å². The second-order valence-electron chi connectivity index (χ2n) is 7.38. The zero-order valence-electron chi connectivity index (χ0n) is 15.6. The van der Waals surface area contributed by atoms with Crippen LogP contribution in [-0.4, -0.2) is 61.7 Å². The van der Waals surface area contributed by atoms with E-state index in [9.17, 15) is 14.9 Å². The molecule has 29 heavy (non-hydrogen) atoms. The Balaban J connectivity index is 1.27. The van der Waals surface area contributed by atoms with Gasteiger partial charge in [0.15, 0.2) is 11.5 Å². The second kappa shape index (κ2) is 6.80. The SMILES string of the molecule is O=C(c1ccc([N+](=O)[O-])cc1)N1CCN(c2ccc3nnc(C4CC4)n3n2)CC1. The van der Waals surface area contributed by atoms with Crippen LogP contribution < -0.4 is 4.90 Å². The normalized spacial score (nSPS) is 17.0. The van der Waals surface area contributed by atoms with Gasteiger partial charge in [0.25, 0.3) is 11.6 Å². The number of anilines is 1. The number of nitrogens with zero attached hydrogens (tertiary/aromatic N) is 7. The van der Waals surface area contributed by atoms with Crippen molar-refractivity contribution in [3.63, 3.8) is 0 Å². The zero-order valence-corrected chi connectivity index (χ0v) is 15.6. The highest BCUT2D eigenvalue weighted by Gasteiger charge is 2.30. The van der Waals surface area contributed by atoms with Crippen LogP contribution >= 0.6 is 0 Å². The topological polar surface area (TPSA) is 110 Å². The fourth-order valence-electron chi connectivity index (χ4n) is 3.61. The van der Waals surface area contributed by atoms with Crippen molar-refractivity contribution in [1.82, 2.24) is 24.7 Å². The first kappa shape index (κ1) is 17.5. The van der Waals surface area contributed by atoms with E-state index in [1.165, 1.54) is 24.3 Å². The highest BCUT2D eigenvalue weighted by Crippen LogP contribution is 2.38. The van der Waals surface area contributed by atoms with Crippen molar-refractivity contribution in [2.24, 2.45) is 0 Å². The van der Waals surface area contributed by atoms with Gasteiger partial charge in [0.05, 0.1) is 4.92 Å². The molecule has 1 saturated carbocycles. The standard InChI is InChI=1S/C19H19N7O3/c27-19(14-3-5-15(6-4-14)26(28)29)24-11-9-23(10-12-24)17-8-7-16-20-21-18(13-1-2-13)25(16)22-17/h3-8,13H,1-2,9-12H2. The van der Waals surface area contributed by atoms with E-state index in [-0.39, 0.29) is 11.6 Å². The van der Waals surface area contributed by atoms with Crippen molar-refractivity contribution in [3.05, 3.63) is 57.9 Å². The van der Waals surface area contributed by atoms with Gasteiger partial charge in [0.2, 0.25) is 0 Å². The van der Waals surface area contributed by atoms with Gasteiger partial charge in [0.1, 0.15) is 5.82 Å². The third kappa shape index (κ3) is 3.26. The van der Waals surface area contributed by atoms with E-state index in [2.05, 4.69) is 15.1 Å². The summed E-state index contributed by atoms with van der Waals surface area (Å²) in [4.78, 5) is 26.9. The number of carbonyl (C=O) groups is 1. The van der Waals surface area contributed by atoms with Crippen molar-refractivity contribution in [3.8, 4) is 0 Å². The number of amides is 1. The van der Waals surface area contributed by atoms with Crippen LogP contribution in [0.1, 0.15) is 34.9 Å². The van der Waals surface area contributed by atoms with Crippen molar-refractivity contribution in [2.45, 2.75) is 18.8 Å². The molecule has 1 aliphatic carbocycles. The van der Waals surface area contributed by atoms with Gasteiger partial charge in [-0.05, 0) is 37.1 Å². The summed E-state index contributed by atoms with van der Waals surface area (Å²) in [6, 6.07) is 9.60. The molecule has 3 aromatic rings. The Hall–Kier alpha value is -3.56. The number of hydrogen-bond donors (Lipinski definition) is 0. The van der Waals surface area contributed by atoms with Crippen molar-refractivity contribution in [1.29, 1.82) is 0 Å². The number of rotatable bonds is 4.